The standard InChI is InChI=1S/C24H30N2O4/c1-3-14-6-5-7-16-12-26(13-19(14)16)17-10-8-15(9-11-17)21-18(4-2)22(27)20(24(29)30)23(28)25-21/h8-11,14,16,19H,3-7,12-13H2,1-2H3,(H,29,30)(H2,25,27,28)/t14-,16-,19-/m1/s1. The third kappa shape index (κ3) is 3.48. The highest BCUT2D eigenvalue weighted by Crippen LogP contribution is 2.43. The third-order valence-electron chi connectivity index (χ3n) is 7.15. The van der Waals surface area contributed by atoms with Crippen molar-refractivity contribution in [3.05, 3.63) is 45.7 Å². The molecule has 2 aliphatic rings. The van der Waals surface area contributed by atoms with Gasteiger partial charge in [0.2, 0.25) is 0 Å². The van der Waals surface area contributed by atoms with Gasteiger partial charge < -0.3 is 20.1 Å². The molecule has 1 saturated heterocycles. The van der Waals surface area contributed by atoms with E-state index in [9.17, 15) is 19.8 Å². The van der Waals surface area contributed by atoms with Crippen LogP contribution in [0.1, 0.15) is 55.5 Å². The summed E-state index contributed by atoms with van der Waals surface area (Å²) >= 11 is 0. The molecule has 2 aromatic rings. The summed E-state index contributed by atoms with van der Waals surface area (Å²) in [6.45, 7) is 6.34. The van der Waals surface area contributed by atoms with Gasteiger partial charge >= 0.3 is 5.97 Å². The second-order valence-corrected chi connectivity index (χ2v) is 8.67. The van der Waals surface area contributed by atoms with Crippen LogP contribution in [0, 0.1) is 17.8 Å². The molecule has 6 nitrogen and oxygen atoms in total. The zero-order chi connectivity index (χ0) is 21.4. The zero-order valence-corrected chi connectivity index (χ0v) is 17.6. The maximum atomic E-state index is 12.2. The van der Waals surface area contributed by atoms with Crippen LogP contribution in [-0.4, -0.2) is 34.3 Å². The fraction of sp³-hybridized carbons (Fsp3) is 0.500. The molecule has 6 heteroatoms. The fourth-order valence-corrected chi connectivity index (χ4v) is 5.57. The second kappa shape index (κ2) is 8.17. The lowest BCUT2D eigenvalue weighted by Crippen LogP contribution is -2.26. The Morgan fingerprint density at radius 3 is 2.53 bits per heavy atom. The number of nitrogens with one attached hydrogen (secondary N) is 1. The first-order valence-corrected chi connectivity index (χ1v) is 11.0. The number of carbonyl (C=O) groups is 1. The monoisotopic (exact) mass is 410 g/mol. The number of hydrogen-bond acceptors (Lipinski definition) is 4. The van der Waals surface area contributed by atoms with Gasteiger partial charge in [0.1, 0.15) is 5.75 Å². The summed E-state index contributed by atoms with van der Waals surface area (Å²) in [5, 5.41) is 19.6. The Kier molecular flexibility index (Phi) is 5.58. The van der Waals surface area contributed by atoms with Gasteiger partial charge in [-0.05, 0) is 48.3 Å². The molecule has 0 amide bonds. The van der Waals surface area contributed by atoms with Gasteiger partial charge in [0.05, 0.1) is 5.69 Å². The number of hydrogen-bond donors (Lipinski definition) is 3. The smallest absolute Gasteiger partial charge is 0.345 e. The number of rotatable bonds is 5. The molecule has 3 atom stereocenters. The van der Waals surface area contributed by atoms with Crippen molar-refractivity contribution < 1.29 is 15.0 Å². The quantitative estimate of drug-likeness (QED) is 0.684. The summed E-state index contributed by atoms with van der Waals surface area (Å²) < 4.78 is 0. The molecule has 2 heterocycles. The average molecular weight is 411 g/mol. The Balaban J connectivity index is 1.62. The molecule has 0 unspecified atom stereocenters. The minimum Gasteiger partial charge on any atom is -0.506 e. The molecule has 3 N–H and O–H groups in total. The van der Waals surface area contributed by atoms with Gasteiger partial charge in [-0.3, -0.25) is 4.79 Å². The van der Waals surface area contributed by atoms with Crippen molar-refractivity contribution in [1.82, 2.24) is 4.98 Å². The molecule has 30 heavy (non-hydrogen) atoms. The lowest BCUT2D eigenvalue weighted by atomic mass is 9.73. The second-order valence-electron chi connectivity index (χ2n) is 8.67. The van der Waals surface area contributed by atoms with Gasteiger partial charge in [-0.15, -0.1) is 0 Å². The zero-order valence-electron chi connectivity index (χ0n) is 17.6. The predicted molar refractivity (Wildman–Crippen MR) is 117 cm³/mol. The van der Waals surface area contributed by atoms with E-state index in [1.54, 1.807) is 0 Å². The Morgan fingerprint density at radius 2 is 1.90 bits per heavy atom. The van der Waals surface area contributed by atoms with E-state index in [-0.39, 0.29) is 0 Å². The van der Waals surface area contributed by atoms with Gasteiger partial charge in [-0.1, -0.05) is 45.2 Å². The fourth-order valence-electron chi connectivity index (χ4n) is 5.57. The number of aromatic carboxylic acids is 1. The van der Waals surface area contributed by atoms with Crippen molar-refractivity contribution in [3.8, 4) is 17.0 Å². The number of aromatic nitrogens is 1. The van der Waals surface area contributed by atoms with Crippen LogP contribution in [0.4, 0.5) is 5.69 Å². The van der Waals surface area contributed by atoms with Crippen molar-refractivity contribution in [2.24, 2.45) is 17.8 Å². The van der Waals surface area contributed by atoms with Crippen molar-refractivity contribution in [2.45, 2.75) is 46.0 Å². The lowest BCUT2D eigenvalue weighted by Gasteiger charge is -2.31. The molecule has 0 radical (unpaired) electrons. The van der Waals surface area contributed by atoms with Crippen LogP contribution in [0.5, 0.6) is 5.75 Å². The summed E-state index contributed by atoms with van der Waals surface area (Å²) in [4.78, 5) is 28.7. The molecular formula is C24H30N2O4. The first kappa shape index (κ1) is 20.5. The molecule has 160 valence electrons. The van der Waals surface area contributed by atoms with Crippen LogP contribution in [-0.2, 0) is 6.42 Å². The first-order chi connectivity index (χ1) is 14.4. The van der Waals surface area contributed by atoms with Crippen LogP contribution in [0.25, 0.3) is 11.3 Å². The van der Waals surface area contributed by atoms with E-state index < -0.39 is 22.8 Å². The maximum Gasteiger partial charge on any atom is 0.345 e. The van der Waals surface area contributed by atoms with Crippen molar-refractivity contribution in [2.75, 3.05) is 18.0 Å². The van der Waals surface area contributed by atoms with Crippen molar-refractivity contribution >= 4 is 11.7 Å². The van der Waals surface area contributed by atoms with Crippen LogP contribution in [0.3, 0.4) is 0 Å². The molecule has 1 aromatic heterocycles. The Bertz CT molecular complexity index is 996. The molecule has 0 bridgehead atoms. The minimum absolute atomic E-state index is 0.411. The number of carboxylic acid groups (broad SMARTS) is 1. The SMILES string of the molecule is CCc1c(-c2ccc(N3C[C@H]4CCC[C@@H](CC)[C@H]4C3)cc2)[nH]c(=O)c(C(=O)O)c1O. The van der Waals surface area contributed by atoms with Gasteiger partial charge in [-0.2, -0.15) is 0 Å². The Hall–Kier alpha value is -2.76. The maximum absolute atomic E-state index is 12.2. The van der Waals surface area contributed by atoms with Gasteiger partial charge in [0, 0.05) is 24.3 Å². The summed E-state index contributed by atoms with van der Waals surface area (Å²) in [6.07, 6.45) is 5.69. The van der Waals surface area contributed by atoms with Crippen molar-refractivity contribution in [3.63, 3.8) is 0 Å². The van der Waals surface area contributed by atoms with E-state index in [0.29, 0.717) is 17.7 Å². The van der Waals surface area contributed by atoms with Gasteiger partial charge in [0.25, 0.3) is 5.56 Å². The number of pyridine rings is 1. The number of nitrogens with zero attached hydrogens (tertiary/aromatic N) is 1. The third-order valence-corrected chi connectivity index (χ3v) is 7.15. The highest BCUT2D eigenvalue weighted by atomic mass is 16.4. The first-order valence-electron chi connectivity index (χ1n) is 11.0. The number of aromatic amines is 1. The number of H-pyrrole nitrogens is 1. The normalized spacial score (nSPS) is 23.4. The van der Waals surface area contributed by atoms with E-state index in [1.165, 1.54) is 31.4 Å². The van der Waals surface area contributed by atoms with E-state index in [4.69, 9.17) is 0 Å². The molecule has 1 aliphatic carbocycles. The number of anilines is 1. The topological polar surface area (TPSA) is 93.6 Å². The summed E-state index contributed by atoms with van der Waals surface area (Å²) in [6, 6.07) is 8.01. The molecule has 4 rings (SSSR count). The molecule has 2 fully saturated rings. The lowest BCUT2D eigenvalue weighted by molar-refractivity contribution is 0.0691. The minimum atomic E-state index is -1.42. The van der Waals surface area contributed by atoms with Crippen LogP contribution in [0.15, 0.2) is 29.1 Å². The number of aromatic hydroxyl groups is 1. The van der Waals surface area contributed by atoms with Crippen LogP contribution >= 0.6 is 0 Å². The van der Waals surface area contributed by atoms with Crippen LogP contribution < -0.4 is 10.5 Å². The van der Waals surface area contributed by atoms with Gasteiger partial charge in [0.15, 0.2) is 5.56 Å². The summed E-state index contributed by atoms with van der Waals surface area (Å²) in [5.74, 6) is 0.535. The number of carboxylic acids is 1. The van der Waals surface area contributed by atoms with Gasteiger partial charge in [-0.25, -0.2) is 4.79 Å². The Morgan fingerprint density at radius 1 is 1.17 bits per heavy atom. The molecule has 0 spiro atoms. The summed E-state index contributed by atoms with van der Waals surface area (Å²) in [5.41, 5.74) is 1.48. The predicted octanol–water partition coefficient (Wildman–Crippen LogP) is 4.27. The largest absolute Gasteiger partial charge is 0.506 e. The number of fused-ring (bicyclic) bond motifs is 1. The highest BCUT2D eigenvalue weighted by molar-refractivity contribution is 5.92. The summed E-state index contributed by atoms with van der Waals surface area (Å²) in [7, 11) is 0. The average Bonchev–Trinajstić information content (AvgIpc) is 3.17. The molecular weight excluding hydrogens is 380 g/mol. The van der Waals surface area contributed by atoms with E-state index >= 15 is 0 Å². The van der Waals surface area contributed by atoms with Crippen molar-refractivity contribution in [1.29, 1.82) is 0 Å². The van der Waals surface area contributed by atoms with E-state index in [0.717, 1.165) is 36.4 Å². The highest BCUT2D eigenvalue weighted by Gasteiger charge is 2.39. The molecule has 1 saturated carbocycles. The van der Waals surface area contributed by atoms with Crippen LogP contribution in [0.2, 0.25) is 0 Å². The molecule has 1 aromatic carbocycles. The Labute approximate surface area is 176 Å². The number of benzene rings is 1. The van der Waals surface area contributed by atoms with E-state index in [1.807, 2.05) is 19.1 Å². The van der Waals surface area contributed by atoms with E-state index in [2.05, 4.69) is 28.9 Å². The molecule has 1 aliphatic heterocycles.